The Morgan fingerprint density at radius 2 is 1.81 bits per heavy atom. The van der Waals surface area contributed by atoms with Crippen molar-refractivity contribution in [1.29, 1.82) is 0 Å². The van der Waals surface area contributed by atoms with Crippen molar-refractivity contribution in [2.24, 2.45) is 5.92 Å². The Kier molecular flexibility index (Phi) is 5.11. The first-order chi connectivity index (χ1) is 12.8. The Bertz CT molecular complexity index is 802. The molecule has 0 amide bonds. The molecule has 5 heteroatoms. The van der Waals surface area contributed by atoms with Crippen molar-refractivity contribution in [3.05, 3.63) is 78.2 Å². The molecule has 0 radical (unpaired) electrons. The molecule has 2 atom stereocenters. The third-order valence-corrected chi connectivity index (χ3v) is 4.93. The van der Waals surface area contributed by atoms with Crippen LogP contribution in [0.3, 0.4) is 0 Å². The predicted molar refractivity (Wildman–Crippen MR) is 102 cm³/mol. The molecule has 0 bridgehead atoms. The molecule has 2 aromatic carbocycles. The highest BCUT2D eigenvalue weighted by atomic mass is 16.5. The topological polar surface area (TPSA) is 53.3 Å². The summed E-state index contributed by atoms with van der Waals surface area (Å²) >= 11 is 0. The van der Waals surface area contributed by atoms with Crippen LogP contribution >= 0.6 is 0 Å². The van der Waals surface area contributed by atoms with E-state index in [0.29, 0.717) is 12.0 Å². The lowest BCUT2D eigenvalue weighted by atomic mass is 9.93. The van der Waals surface area contributed by atoms with E-state index in [0.717, 1.165) is 25.4 Å². The third-order valence-electron chi connectivity index (χ3n) is 4.93. The van der Waals surface area contributed by atoms with Crippen molar-refractivity contribution in [1.82, 2.24) is 20.9 Å². The third kappa shape index (κ3) is 3.85. The van der Waals surface area contributed by atoms with Gasteiger partial charge in [0, 0.05) is 25.1 Å². The monoisotopic (exact) mass is 348 g/mol. The second-order valence-corrected chi connectivity index (χ2v) is 6.93. The van der Waals surface area contributed by atoms with Crippen molar-refractivity contribution in [2.75, 3.05) is 20.1 Å². The van der Waals surface area contributed by atoms with Crippen molar-refractivity contribution >= 4 is 0 Å². The Labute approximate surface area is 154 Å². The fraction of sp³-hybridized carbons (Fsp3) is 0.286. The summed E-state index contributed by atoms with van der Waals surface area (Å²) in [5.74, 6) is 1.39. The van der Waals surface area contributed by atoms with E-state index in [1.165, 1.54) is 16.7 Å². The molecule has 3 aromatic rings. The molecular formula is C21H24N4O. The van der Waals surface area contributed by atoms with Gasteiger partial charge < -0.3 is 4.52 Å². The van der Waals surface area contributed by atoms with E-state index in [1.807, 2.05) is 12.1 Å². The Morgan fingerprint density at radius 1 is 1.04 bits per heavy atom. The van der Waals surface area contributed by atoms with Gasteiger partial charge in [-0.3, -0.25) is 10.3 Å². The van der Waals surface area contributed by atoms with Crippen LogP contribution in [0, 0.1) is 5.92 Å². The van der Waals surface area contributed by atoms with Crippen molar-refractivity contribution in [3.63, 3.8) is 0 Å². The summed E-state index contributed by atoms with van der Waals surface area (Å²) < 4.78 is 5.21. The molecule has 1 aliphatic rings. The van der Waals surface area contributed by atoms with Gasteiger partial charge >= 0.3 is 0 Å². The summed E-state index contributed by atoms with van der Waals surface area (Å²) in [6, 6.07) is 21.6. The Balaban J connectivity index is 1.43. The molecule has 1 fully saturated rings. The van der Waals surface area contributed by atoms with Gasteiger partial charge in [0.15, 0.2) is 5.76 Å². The zero-order chi connectivity index (χ0) is 17.8. The number of hydrazine groups is 1. The SMILES string of the molecule is CN(Cc1ccno1)CC1CNNC1c1ccc(-c2ccccc2)cc1. The van der Waals surface area contributed by atoms with Crippen LogP contribution in [-0.2, 0) is 6.54 Å². The van der Waals surface area contributed by atoms with E-state index in [-0.39, 0.29) is 0 Å². The molecule has 2 unspecified atom stereocenters. The van der Waals surface area contributed by atoms with Crippen LogP contribution in [0.15, 0.2) is 71.4 Å². The van der Waals surface area contributed by atoms with Crippen LogP contribution in [0.5, 0.6) is 0 Å². The zero-order valence-electron chi connectivity index (χ0n) is 14.9. The number of nitrogens with zero attached hydrogens (tertiary/aromatic N) is 2. The quantitative estimate of drug-likeness (QED) is 0.716. The molecule has 4 rings (SSSR count). The zero-order valence-corrected chi connectivity index (χ0v) is 14.9. The molecule has 0 saturated carbocycles. The average molecular weight is 348 g/mol. The summed E-state index contributed by atoms with van der Waals surface area (Å²) in [5, 5.41) is 3.78. The van der Waals surface area contributed by atoms with E-state index in [2.05, 4.69) is 76.5 Å². The summed E-state index contributed by atoms with van der Waals surface area (Å²) in [6.45, 7) is 2.70. The van der Waals surface area contributed by atoms with Gasteiger partial charge in [-0.2, -0.15) is 0 Å². The van der Waals surface area contributed by atoms with Gasteiger partial charge in [0.05, 0.1) is 18.8 Å². The summed E-state index contributed by atoms with van der Waals surface area (Å²) in [7, 11) is 2.12. The van der Waals surface area contributed by atoms with E-state index in [4.69, 9.17) is 4.52 Å². The van der Waals surface area contributed by atoms with Crippen LogP contribution in [0.4, 0.5) is 0 Å². The molecule has 26 heavy (non-hydrogen) atoms. The van der Waals surface area contributed by atoms with E-state index in [1.54, 1.807) is 6.20 Å². The second kappa shape index (κ2) is 7.83. The molecule has 2 N–H and O–H groups in total. The van der Waals surface area contributed by atoms with E-state index < -0.39 is 0 Å². The van der Waals surface area contributed by atoms with E-state index >= 15 is 0 Å². The number of rotatable bonds is 6. The minimum atomic E-state index is 0.303. The summed E-state index contributed by atoms with van der Waals surface area (Å²) in [5.41, 5.74) is 10.6. The lowest BCUT2D eigenvalue weighted by Crippen LogP contribution is -2.30. The van der Waals surface area contributed by atoms with Gasteiger partial charge in [-0.25, -0.2) is 5.43 Å². The van der Waals surface area contributed by atoms with Gasteiger partial charge in [0.1, 0.15) is 0 Å². The normalized spacial score (nSPS) is 19.9. The molecule has 1 aliphatic heterocycles. The smallest absolute Gasteiger partial charge is 0.150 e. The standard InChI is InChI=1S/C21H24N4O/c1-25(15-20-11-12-23-26-20)14-19-13-22-24-21(19)18-9-7-17(8-10-18)16-5-3-2-4-6-16/h2-12,19,21-22,24H,13-15H2,1H3. The van der Waals surface area contributed by atoms with Gasteiger partial charge in [-0.1, -0.05) is 59.8 Å². The van der Waals surface area contributed by atoms with Crippen molar-refractivity contribution < 1.29 is 4.52 Å². The fourth-order valence-electron chi connectivity index (χ4n) is 3.63. The fourth-order valence-corrected chi connectivity index (χ4v) is 3.63. The minimum absolute atomic E-state index is 0.303. The Hall–Kier alpha value is -2.47. The first-order valence-electron chi connectivity index (χ1n) is 9.01. The largest absolute Gasteiger partial charge is 0.360 e. The number of nitrogens with one attached hydrogen (secondary N) is 2. The van der Waals surface area contributed by atoms with Gasteiger partial charge in [0.25, 0.3) is 0 Å². The second-order valence-electron chi connectivity index (χ2n) is 6.93. The molecule has 1 saturated heterocycles. The van der Waals surface area contributed by atoms with Crippen LogP contribution in [0.2, 0.25) is 0 Å². The molecule has 0 spiro atoms. The van der Waals surface area contributed by atoms with Crippen LogP contribution in [0.25, 0.3) is 11.1 Å². The Morgan fingerprint density at radius 3 is 2.54 bits per heavy atom. The number of hydrogen-bond acceptors (Lipinski definition) is 5. The molecular weight excluding hydrogens is 324 g/mol. The van der Waals surface area contributed by atoms with Gasteiger partial charge in [-0.15, -0.1) is 0 Å². The minimum Gasteiger partial charge on any atom is -0.360 e. The maximum Gasteiger partial charge on any atom is 0.150 e. The number of hydrogen-bond donors (Lipinski definition) is 2. The maximum atomic E-state index is 5.21. The maximum absolute atomic E-state index is 5.21. The lowest BCUT2D eigenvalue weighted by molar-refractivity contribution is 0.233. The molecule has 134 valence electrons. The average Bonchev–Trinajstić information content (AvgIpc) is 3.35. The van der Waals surface area contributed by atoms with Crippen molar-refractivity contribution in [2.45, 2.75) is 12.6 Å². The number of benzene rings is 2. The van der Waals surface area contributed by atoms with Crippen molar-refractivity contribution in [3.8, 4) is 11.1 Å². The van der Waals surface area contributed by atoms with Crippen LogP contribution in [0.1, 0.15) is 17.4 Å². The molecule has 1 aromatic heterocycles. The highest BCUT2D eigenvalue weighted by Crippen LogP contribution is 2.28. The molecule has 0 aliphatic carbocycles. The first kappa shape index (κ1) is 17.0. The predicted octanol–water partition coefficient (Wildman–Crippen LogP) is 3.24. The molecule has 5 nitrogen and oxygen atoms in total. The van der Waals surface area contributed by atoms with E-state index in [9.17, 15) is 0 Å². The summed E-state index contributed by atoms with van der Waals surface area (Å²) in [4.78, 5) is 2.28. The lowest BCUT2D eigenvalue weighted by Gasteiger charge is -2.24. The molecule has 2 heterocycles. The van der Waals surface area contributed by atoms with Gasteiger partial charge in [0.2, 0.25) is 0 Å². The van der Waals surface area contributed by atoms with Gasteiger partial charge in [-0.05, 0) is 23.7 Å². The summed E-state index contributed by atoms with van der Waals surface area (Å²) in [6.07, 6.45) is 1.69. The first-order valence-corrected chi connectivity index (χ1v) is 9.01. The highest BCUT2D eigenvalue weighted by molar-refractivity contribution is 5.63. The van der Waals surface area contributed by atoms with Crippen LogP contribution < -0.4 is 10.9 Å². The number of aromatic nitrogens is 1. The van der Waals surface area contributed by atoms with Crippen LogP contribution in [-0.4, -0.2) is 30.2 Å². The highest BCUT2D eigenvalue weighted by Gasteiger charge is 2.29.